The lowest BCUT2D eigenvalue weighted by atomic mass is 10.2. The van der Waals surface area contributed by atoms with Crippen LogP contribution in [0.25, 0.3) is 11.7 Å². The van der Waals surface area contributed by atoms with Gasteiger partial charge in [-0.3, -0.25) is 18.9 Å². The number of pyridine rings is 1. The van der Waals surface area contributed by atoms with E-state index in [4.69, 9.17) is 17.2 Å². The highest BCUT2D eigenvalue weighted by Gasteiger charge is 2.33. The first-order valence-corrected chi connectivity index (χ1v) is 12.1. The molecular formula is C24H22FN5O2S2. The Morgan fingerprint density at radius 1 is 1.09 bits per heavy atom. The van der Waals surface area contributed by atoms with Crippen molar-refractivity contribution < 1.29 is 9.18 Å². The van der Waals surface area contributed by atoms with E-state index >= 15 is 0 Å². The van der Waals surface area contributed by atoms with Crippen LogP contribution in [0.2, 0.25) is 0 Å². The molecular weight excluding hydrogens is 473 g/mol. The number of hydrogen-bond acceptors (Lipinski definition) is 7. The van der Waals surface area contributed by atoms with Crippen LogP contribution in [0.5, 0.6) is 0 Å². The first-order valence-electron chi connectivity index (χ1n) is 10.9. The number of halogens is 1. The van der Waals surface area contributed by atoms with Crippen molar-refractivity contribution >= 4 is 51.7 Å². The summed E-state index contributed by atoms with van der Waals surface area (Å²) in [6.45, 7) is 3.42. The Labute approximate surface area is 205 Å². The molecule has 1 amide bonds. The molecule has 7 nitrogen and oxygen atoms in total. The number of hydrogen-bond donors (Lipinski definition) is 0. The van der Waals surface area contributed by atoms with Crippen molar-refractivity contribution in [1.82, 2.24) is 19.2 Å². The number of anilines is 1. The predicted octanol–water partition coefficient (Wildman–Crippen LogP) is 2.99. The Morgan fingerprint density at radius 3 is 2.56 bits per heavy atom. The second kappa shape index (κ2) is 9.28. The smallest absolute Gasteiger partial charge is 0.267 e. The summed E-state index contributed by atoms with van der Waals surface area (Å²) < 4.78 is 15.1. The number of rotatable bonds is 4. The van der Waals surface area contributed by atoms with Crippen LogP contribution >= 0.6 is 24.0 Å². The molecule has 2 aliphatic heterocycles. The van der Waals surface area contributed by atoms with Gasteiger partial charge in [0.1, 0.15) is 21.6 Å². The number of benzene rings is 1. The van der Waals surface area contributed by atoms with Crippen LogP contribution in [0.15, 0.2) is 58.4 Å². The van der Waals surface area contributed by atoms with Crippen LogP contribution in [0, 0.1) is 5.82 Å². The molecule has 4 heterocycles. The van der Waals surface area contributed by atoms with Crippen LogP contribution in [0.1, 0.15) is 11.1 Å². The summed E-state index contributed by atoms with van der Waals surface area (Å²) in [6.07, 6.45) is 3.29. The largest absolute Gasteiger partial charge is 0.353 e. The van der Waals surface area contributed by atoms with Crippen LogP contribution in [0.4, 0.5) is 10.2 Å². The number of amides is 1. The minimum absolute atomic E-state index is 0.233. The highest BCUT2D eigenvalue weighted by molar-refractivity contribution is 8.26. The first-order chi connectivity index (χ1) is 16.4. The number of nitrogens with zero attached hydrogens (tertiary/aromatic N) is 5. The third-order valence-corrected chi connectivity index (χ3v) is 7.33. The van der Waals surface area contributed by atoms with E-state index in [9.17, 15) is 14.0 Å². The molecule has 0 spiro atoms. The molecule has 0 atom stereocenters. The summed E-state index contributed by atoms with van der Waals surface area (Å²) >= 11 is 6.62. The zero-order valence-electron chi connectivity index (χ0n) is 18.5. The first kappa shape index (κ1) is 22.7. The van der Waals surface area contributed by atoms with E-state index in [1.165, 1.54) is 21.4 Å². The van der Waals surface area contributed by atoms with Gasteiger partial charge in [-0.1, -0.05) is 42.2 Å². The summed E-state index contributed by atoms with van der Waals surface area (Å²) in [4.78, 5) is 37.7. The van der Waals surface area contributed by atoms with E-state index in [1.807, 2.05) is 6.07 Å². The number of carbonyl (C=O) groups is 1. The molecule has 10 heteroatoms. The molecule has 0 unspecified atom stereocenters. The molecule has 0 bridgehead atoms. The second-order valence-corrected chi connectivity index (χ2v) is 9.94. The Bertz CT molecular complexity index is 1360. The van der Waals surface area contributed by atoms with Gasteiger partial charge in [-0.25, -0.2) is 9.37 Å². The van der Waals surface area contributed by atoms with Crippen LogP contribution < -0.4 is 10.5 Å². The normalized spacial score (nSPS) is 18.5. The molecule has 34 heavy (non-hydrogen) atoms. The third-order valence-electron chi connectivity index (χ3n) is 5.95. The summed E-state index contributed by atoms with van der Waals surface area (Å²) in [5.74, 6) is -0.0379. The number of thiocarbonyl (C=S) groups is 1. The predicted molar refractivity (Wildman–Crippen MR) is 136 cm³/mol. The average Bonchev–Trinajstić information content (AvgIpc) is 3.10. The Morgan fingerprint density at radius 2 is 1.82 bits per heavy atom. The quantitative estimate of drug-likeness (QED) is 0.407. The molecule has 0 aliphatic carbocycles. The van der Waals surface area contributed by atoms with E-state index in [1.54, 1.807) is 36.5 Å². The van der Waals surface area contributed by atoms with Gasteiger partial charge in [-0.05, 0) is 43.0 Å². The fourth-order valence-corrected chi connectivity index (χ4v) is 5.25. The van der Waals surface area contributed by atoms with Gasteiger partial charge in [0, 0.05) is 32.4 Å². The molecule has 0 N–H and O–H groups in total. The summed E-state index contributed by atoms with van der Waals surface area (Å²) in [5, 5.41) is 0. The van der Waals surface area contributed by atoms with E-state index in [0.717, 1.165) is 43.5 Å². The molecule has 0 saturated carbocycles. The number of thioether (sulfide) groups is 1. The fraction of sp³-hybridized carbons (Fsp3) is 0.250. The molecule has 2 aliphatic rings. The zero-order valence-corrected chi connectivity index (χ0v) is 20.1. The van der Waals surface area contributed by atoms with Gasteiger partial charge in [0.2, 0.25) is 0 Å². The maximum atomic E-state index is 13.5. The lowest BCUT2D eigenvalue weighted by molar-refractivity contribution is -0.122. The van der Waals surface area contributed by atoms with Crippen molar-refractivity contribution in [3.63, 3.8) is 0 Å². The maximum Gasteiger partial charge on any atom is 0.267 e. The zero-order chi connectivity index (χ0) is 23.8. The number of piperazine rings is 1. The number of carbonyl (C=O) groups excluding carboxylic acids is 1. The van der Waals surface area contributed by atoms with Crippen molar-refractivity contribution in [2.24, 2.45) is 0 Å². The van der Waals surface area contributed by atoms with E-state index in [0.29, 0.717) is 26.3 Å². The fourth-order valence-electron chi connectivity index (χ4n) is 4.02. The lowest BCUT2D eigenvalue weighted by Gasteiger charge is -2.34. The SMILES string of the molecule is CN1CCN(c2nc3ccccn3c(=O)c2/C=C2\SC(=S)N(Cc3ccc(F)cc3)C2=O)CC1. The standard InChI is InChI=1S/C24H22FN5O2S2/c1-27-10-12-28(13-11-27)21-18(22(31)29-9-3-2-4-20(29)26-21)14-19-23(32)30(24(33)34-19)15-16-5-7-17(25)8-6-16/h2-9,14H,10-13,15H2,1H3/b19-14-. The summed E-state index contributed by atoms with van der Waals surface area (Å²) in [5.41, 5.74) is 1.46. The lowest BCUT2D eigenvalue weighted by Crippen LogP contribution is -2.45. The van der Waals surface area contributed by atoms with Crippen LogP contribution in [-0.2, 0) is 11.3 Å². The van der Waals surface area contributed by atoms with Gasteiger partial charge in [0.05, 0.1) is 17.0 Å². The van der Waals surface area contributed by atoms with Gasteiger partial charge in [0.15, 0.2) is 0 Å². The van der Waals surface area contributed by atoms with Gasteiger partial charge in [0.25, 0.3) is 11.5 Å². The highest BCUT2D eigenvalue weighted by atomic mass is 32.2. The number of fused-ring (bicyclic) bond motifs is 1. The van der Waals surface area contributed by atoms with Gasteiger partial charge in [-0.2, -0.15) is 0 Å². The number of likely N-dealkylation sites (N-methyl/N-ethyl adjacent to an activating group) is 1. The Balaban J connectivity index is 1.53. The van der Waals surface area contributed by atoms with Crippen molar-refractivity contribution in [3.05, 3.63) is 80.9 Å². The minimum Gasteiger partial charge on any atom is -0.353 e. The van der Waals surface area contributed by atoms with Crippen molar-refractivity contribution in [2.45, 2.75) is 6.54 Å². The van der Waals surface area contributed by atoms with E-state index < -0.39 is 0 Å². The van der Waals surface area contributed by atoms with Crippen molar-refractivity contribution in [3.8, 4) is 0 Å². The van der Waals surface area contributed by atoms with Gasteiger partial charge < -0.3 is 9.80 Å². The summed E-state index contributed by atoms with van der Waals surface area (Å²) in [6, 6.07) is 11.4. The monoisotopic (exact) mass is 495 g/mol. The Kier molecular flexibility index (Phi) is 6.20. The van der Waals surface area contributed by atoms with Gasteiger partial charge in [-0.15, -0.1) is 0 Å². The second-order valence-electron chi connectivity index (χ2n) is 8.27. The molecule has 174 valence electrons. The average molecular weight is 496 g/mol. The molecule has 0 radical (unpaired) electrons. The minimum atomic E-state index is -0.338. The van der Waals surface area contributed by atoms with Crippen molar-refractivity contribution in [2.75, 3.05) is 38.1 Å². The third kappa shape index (κ3) is 4.36. The Hall–Kier alpha value is -3.08. The molecule has 1 aromatic carbocycles. The maximum absolute atomic E-state index is 13.5. The molecule has 2 aromatic heterocycles. The van der Waals surface area contributed by atoms with E-state index in [-0.39, 0.29) is 23.8 Å². The molecule has 3 aromatic rings. The molecule has 2 fully saturated rings. The van der Waals surface area contributed by atoms with Gasteiger partial charge >= 0.3 is 0 Å². The molecule has 2 saturated heterocycles. The topological polar surface area (TPSA) is 61.2 Å². The van der Waals surface area contributed by atoms with Crippen molar-refractivity contribution in [1.29, 1.82) is 0 Å². The highest BCUT2D eigenvalue weighted by Crippen LogP contribution is 2.34. The number of aromatic nitrogens is 2. The summed E-state index contributed by atoms with van der Waals surface area (Å²) in [7, 11) is 2.06. The van der Waals surface area contributed by atoms with Crippen LogP contribution in [-0.4, -0.2) is 62.6 Å². The van der Waals surface area contributed by atoms with Crippen LogP contribution in [0.3, 0.4) is 0 Å². The van der Waals surface area contributed by atoms with E-state index in [2.05, 4.69) is 16.8 Å². The molecule has 5 rings (SSSR count).